The van der Waals surface area contributed by atoms with Gasteiger partial charge >= 0.3 is 5.97 Å². The summed E-state index contributed by atoms with van der Waals surface area (Å²) in [5, 5.41) is 2.67. The van der Waals surface area contributed by atoms with Crippen molar-refractivity contribution in [1.29, 1.82) is 0 Å². The molecule has 1 aliphatic rings. The Bertz CT molecular complexity index is 177. The molecule has 0 aliphatic carbocycles. The summed E-state index contributed by atoms with van der Waals surface area (Å²) in [6, 6.07) is 0. The average Bonchev–Trinajstić information content (AvgIpc) is 2.52. The molecule has 1 aliphatic heterocycles. The topological polar surface area (TPSA) is 56.8 Å². The van der Waals surface area contributed by atoms with Gasteiger partial charge in [-0.05, 0) is 0 Å². The van der Waals surface area contributed by atoms with Gasteiger partial charge in [0.1, 0.15) is 13.2 Å². The number of hydrogen-bond donors (Lipinski definition) is 1. The van der Waals surface area contributed by atoms with Crippen molar-refractivity contribution in [2.24, 2.45) is 0 Å². The van der Waals surface area contributed by atoms with Crippen molar-refractivity contribution in [2.75, 3.05) is 20.3 Å². The lowest BCUT2D eigenvalue weighted by atomic mass is 10.6. The molecule has 11 heavy (non-hydrogen) atoms. The van der Waals surface area contributed by atoms with Crippen molar-refractivity contribution < 1.29 is 19.3 Å². The van der Waals surface area contributed by atoms with Gasteiger partial charge in [-0.15, -0.1) is 0 Å². The molecule has 0 amide bonds. The normalized spacial score (nSPS) is 15.2. The molecule has 0 saturated carbocycles. The van der Waals surface area contributed by atoms with Gasteiger partial charge in [-0.1, -0.05) is 0 Å². The fraction of sp³-hybridized carbons (Fsp3) is 0.500. The smallest absolute Gasteiger partial charge is 0.325 e. The lowest BCUT2D eigenvalue weighted by Crippen LogP contribution is -2.23. The molecule has 0 saturated heterocycles. The Morgan fingerprint density at radius 1 is 1.91 bits per heavy atom. The molecule has 1 heterocycles. The lowest BCUT2D eigenvalue weighted by Gasteiger charge is -2.02. The predicted molar refractivity (Wildman–Crippen MR) is 35.1 cm³/mol. The number of hydrogen-bond acceptors (Lipinski definition) is 5. The average molecular weight is 159 g/mol. The van der Waals surface area contributed by atoms with Crippen molar-refractivity contribution in [2.45, 2.75) is 0 Å². The zero-order valence-corrected chi connectivity index (χ0v) is 6.12. The summed E-state index contributed by atoms with van der Waals surface area (Å²) < 4.78 is 4.38. The molecule has 0 radical (unpaired) electrons. The number of esters is 1. The highest BCUT2D eigenvalue weighted by Gasteiger charge is 2.07. The van der Waals surface area contributed by atoms with Gasteiger partial charge in [0, 0.05) is 6.08 Å². The minimum absolute atomic E-state index is 0.0890. The van der Waals surface area contributed by atoms with Gasteiger partial charge in [-0.25, -0.2) is 0 Å². The molecule has 5 heteroatoms. The van der Waals surface area contributed by atoms with Gasteiger partial charge in [0.25, 0.3) is 0 Å². The molecular weight excluding hydrogens is 150 g/mol. The van der Waals surface area contributed by atoms with Crippen LogP contribution in [0.15, 0.2) is 12.0 Å². The SMILES string of the molecule is COC(=O)CNC1=CCOO1. The third kappa shape index (κ3) is 2.46. The Morgan fingerprint density at radius 3 is 3.27 bits per heavy atom. The summed E-state index contributed by atoms with van der Waals surface area (Å²) in [5.74, 6) is 0.108. The molecule has 0 fully saturated rings. The Hall–Kier alpha value is -1.23. The van der Waals surface area contributed by atoms with Crippen molar-refractivity contribution in [3.05, 3.63) is 12.0 Å². The van der Waals surface area contributed by atoms with E-state index in [1.165, 1.54) is 7.11 Å². The minimum atomic E-state index is -0.346. The molecule has 0 bridgehead atoms. The summed E-state index contributed by atoms with van der Waals surface area (Å²) in [5.41, 5.74) is 0. The number of methoxy groups -OCH3 is 1. The Balaban J connectivity index is 2.16. The molecule has 62 valence electrons. The van der Waals surface area contributed by atoms with Crippen LogP contribution < -0.4 is 5.32 Å². The highest BCUT2D eigenvalue weighted by Crippen LogP contribution is 2.01. The standard InChI is InChI=1S/C6H9NO4/c1-9-6(8)4-7-5-2-3-10-11-5/h2,7H,3-4H2,1H3. The van der Waals surface area contributed by atoms with E-state index < -0.39 is 0 Å². The van der Waals surface area contributed by atoms with Crippen LogP contribution in [-0.4, -0.2) is 26.2 Å². The van der Waals surface area contributed by atoms with Crippen molar-refractivity contribution in [3.8, 4) is 0 Å². The zero-order valence-electron chi connectivity index (χ0n) is 6.12. The first-order chi connectivity index (χ1) is 5.33. The molecule has 0 unspecified atom stereocenters. The molecule has 1 N–H and O–H groups in total. The van der Waals surface area contributed by atoms with E-state index in [0.717, 1.165) is 0 Å². The Kier molecular flexibility index (Phi) is 2.74. The summed E-state index contributed by atoms with van der Waals surface area (Å²) in [4.78, 5) is 19.7. The summed E-state index contributed by atoms with van der Waals surface area (Å²) >= 11 is 0. The van der Waals surface area contributed by atoms with Crippen molar-refractivity contribution in [3.63, 3.8) is 0 Å². The van der Waals surface area contributed by atoms with E-state index in [1.54, 1.807) is 6.08 Å². The lowest BCUT2D eigenvalue weighted by molar-refractivity contribution is -0.238. The first kappa shape index (κ1) is 7.87. The molecule has 0 atom stereocenters. The second-order valence-electron chi connectivity index (χ2n) is 1.87. The molecule has 0 spiro atoms. The number of nitrogens with one attached hydrogen (secondary N) is 1. The van der Waals surface area contributed by atoms with Gasteiger partial charge in [0.05, 0.1) is 7.11 Å². The molecule has 5 nitrogen and oxygen atoms in total. The van der Waals surface area contributed by atoms with Crippen LogP contribution in [0, 0.1) is 0 Å². The highest BCUT2D eigenvalue weighted by atomic mass is 17.2. The van der Waals surface area contributed by atoms with Crippen LogP contribution in [0.4, 0.5) is 0 Å². The third-order valence-electron chi connectivity index (χ3n) is 1.12. The number of rotatable bonds is 3. The van der Waals surface area contributed by atoms with Gasteiger partial charge in [-0.2, -0.15) is 4.89 Å². The fourth-order valence-corrected chi connectivity index (χ4v) is 0.574. The molecule has 0 aromatic carbocycles. The Labute approximate surface area is 63.8 Å². The van der Waals surface area contributed by atoms with Gasteiger partial charge < -0.3 is 14.9 Å². The monoisotopic (exact) mass is 159 g/mol. The van der Waals surface area contributed by atoms with Gasteiger partial charge in [-0.3, -0.25) is 4.79 Å². The van der Waals surface area contributed by atoms with E-state index in [4.69, 9.17) is 0 Å². The van der Waals surface area contributed by atoms with Crippen LogP contribution in [-0.2, 0) is 19.3 Å². The first-order valence-corrected chi connectivity index (χ1v) is 3.13. The quantitative estimate of drug-likeness (QED) is 0.446. The summed E-state index contributed by atoms with van der Waals surface area (Å²) in [6.45, 7) is 0.495. The van der Waals surface area contributed by atoms with Crippen LogP contribution in [0.1, 0.15) is 0 Å². The first-order valence-electron chi connectivity index (χ1n) is 3.13. The zero-order chi connectivity index (χ0) is 8.10. The Morgan fingerprint density at radius 2 is 2.73 bits per heavy atom. The summed E-state index contributed by atoms with van der Waals surface area (Å²) in [6.07, 6.45) is 1.68. The van der Waals surface area contributed by atoms with Crippen molar-refractivity contribution in [1.82, 2.24) is 5.32 Å². The van der Waals surface area contributed by atoms with E-state index in [0.29, 0.717) is 12.5 Å². The van der Waals surface area contributed by atoms with E-state index >= 15 is 0 Å². The highest BCUT2D eigenvalue weighted by molar-refractivity contribution is 5.71. The maximum atomic E-state index is 10.6. The van der Waals surface area contributed by atoms with Crippen LogP contribution in [0.25, 0.3) is 0 Å². The molecule has 1 rings (SSSR count). The number of ether oxygens (including phenoxy) is 1. The van der Waals surface area contributed by atoms with E-state index in [1.807, 2.05) is 0 Å². The largest absolute Gasteiger partial charge is 0.468 e. The van der Waals surface area contributed by atoms with Crippen LogP contribution >= 0.6 is 0 Å². The molecular formula is C6H9NO4. The van der Waals surface area contributed by atoms with E-state index in [2.05, 4.69) is 19.8 Å². The molecule has 0 aromatic heterocycles. The van der Waals surface area contributed by atoms with Crippen LogP contribution in [0.5, 0.6) is 0 Å². The van der Waals surface area contributed by atoms with Crippen molar-refractivity contribution >= 4 is 5.97 Å². The number of carbonyl (C=O) groups is 1. The second-order valence-corrected chi connectivity index (χ2v) is 1.87. The second kappa shape index (κ2) is 3.82. The third-order valence-corrected chi connectivity index (χ3v) is 1.12. The maximum Gasteiger partial charge on any atom is 0.325 e. The fourth-order valence-electron chi connectivity index (χ4n) is 0.574. The summed E-state index contributed by atoms with van der Waals surface area (Å²) in [7, 11) is 1.32. The van der Waals surface area contributed by atoms with Gasteiger partial charge in [0.2, 0.25) is 5.88 Å². The van der Waals surface area contributed by atoms with Gasteiger partial charge in [0.15, 0.2) is 0 Å². The van der Waals surface area contributed by atoms with E-state index in [9.17, 15) is 4.79 Å². The number of carbonyl (C=O) groups excluding carboxylic acids is 1. The van der Waals surface area contributed by atoms with E-state index in [-0.39, 0.29) is 12.5 Å². The minimum Gasteiger partial charge on any atom is -0.468 e. The van der Waals surface area contributed by atoms with Crippen LogP contribution in [0.2, 0.25) is 0 Å². The van der Waals surface area contributed by atoms with Crippen LogP contribution in [0.3, 0.4) is 0 Å². The maximum absolute atomic E-state index is 10.6. The predicted octanol–water partition coefficient (Wildman–Crippen LogP) is -0.448. The molecule has 0 aromatic rings.